The van der Waals surface area contributed by atoms with Gasteiger partial charge in [0.2, 0.25) is 0 Å². The van der Waals surface area contributed by atoms with Crippen molar-refractivity contribution >= 4 is 5.84 Å². The van der Waals surface area contributed by atoms with E-state index in [4.69, 9.17) is 11.1 Å². The van der Waals surface area contributed by atoms with Gasteiger partial charge in [-0.2, -0.15) is 13.2 Å². The van der Waals surface area contributed by atoms with Gasteiger partial charge in [0, 0.05) is 6.42 Å². The third kappa shape index (κ3) is 3.23. The molecule has 0 atom stereocenters. The fraction of sp³-hybridized carbons (Fsp3) is 0.222. The second kappa shape index (κ2) is 3.88. The van der Waals surface area contributed by atoms with Crippen LogP contribution in [0, 0.1) is 11.2 Å². The van der Waals surface area contributed by atoms with E-state index in [1.807, 2.05) is 0 Å². The molecule has 6 heteroatoms. The molecule has 1 aromatic rings. The monoisotopic (exact) mass is 220 g/mol. The van der Waals surface area contributed by atoms with E-state index in [0.29, 0.717) is 6.07 Å². The number of amidine groups is 1. The lowest BCUT2D eigenvalue weighted by atomic mass is 10.1. The normalized spacial score (nSPS) is 11.5. The van der Waals surface area contributed by atoms with Crippen LogP contribution in [0.3, 0.4) is 0 Å². The van der Waals surface area contributed by atoms with Gasteiger partial charge in [-0.25, -0.2) is 4.39 Å². The Morgan fingerprint density at radius 1 is 1.27 bits per heavy atom. The predicted molar refractivity (Wildman–Crippen MR) is 47.0 cm³/mol. The number of rotatable bonds is 2. The van der Waals surface area contributed by atoms with Crippen LogP contribution in [0.5, 0.6) is 0 Å². The number of hydrogen-bond acceptors (Lipinski definition) is 1. The van der Waals surface area contributed by atoms with Crippen LogP contribution in [0.25, 0.3) is 0 Å². The Kier molecular flexibility index (Phi) is 2.97. The smallest absolute Gasteiger partial charge is 0.387 e. The highest BCUT2D eigenvalue weighted by Gasteiger charge is 2.31. The summed E-state index contributed by atoms with van der Waals surface area (Å²) in [6, 6.07) is 2.12. The van der Waals surface area contributed by atoms with E-state index in [-0.39, 0.29) is 17.8 Å². The average Bonchev–Trinajstić information content (AvgIpc) is 1.99. The number of nitrogens with two attached hydrogens (primary N) is 1. The summed E-state index contributed by atoms with van der Waals surface area (Å²) in [7, 11) is 0. The molecule has 3 N–H and O–H groups in total. The fourth-order valence-electron chi connectivity index (χ4n) is 1.14. The lowest BCUT2D eigenvalue weighted by molar-refractivity contribution is -0.137. The van der Waals surface area contributed by atoms with Crippen molar-refractivity contribution in [2.45, 2.75) is 12.6 Å². The van der Waals surface area contributed by atoms with Crippen LogP contribution in [0.4, 0.5) is 17.6 Å². The zero-order chi connectivity index (χ0) is 11.6. The molecule has 0 spiro atoms. The van der Waals surface area contributed by atoms with E-state index in [0.717, 1.165) is 12.1 Å². The summed E-state index contributed by atoms with van der Waals surface area (Å²) in [5.74, 6) is -1.30. The van der Waals surface area contributed by atoms with Gasteiger partial charge in [-0.15, -0.1) is 0 Å². The Morgan fingerprint density at radius 2 is 1.87 bits per heavy atom. The van der Waals surface area contributed by atoms with Crippen molar-refractivity contribution < 1.29 is 17.6 Å². The second-order valence-electron chi connectivity index (χ2n) is 3.05. The van der Waals surface area contributed by atoms with Crippen molar-refractivity contribution in [3.8, 4) is 0 Å². The van der Waals surface area contributed by atoms with Gasteiger partial charge < -0.3 is 5.73 Å². The summed E-state index contributed by atoms with van der Waals surface area (Å²) in [5.41, 5.74) is 3.98. The Bertz CT molecular complexity index is 384. The molecule has 0 saturated heterocycles. The summed E-state index contributed by atoms with van der Waals surface area (Å²) in [6.07, 6.45) is -4.78. The molecule has 0 heterocycles. The van der Waals surface area contributed by atoms with Crippen LogP contribution in [0.15, 0.2) is 18.2 Å². The molecule has 1 rings (SSSR count). The zero-order valence-corrected chi connectivity index (χ0v) is 7.53. The van der Waals surface area contributed by atoms with Crippen molar-refractivity contribution in [3.63, 3.8) is 0 Å². The van der Waals surface area contributed by atoms with Crippen molar-refractivity contribution in [1.29, 1.82) is 5.41 Å². The first-order valence-corrected chi connectivity index (χ1v) is 3.98. The molecule has 0 aliphatic heterocycles. The SMILES string of the molecule is N=C(N)Cc1cc(F)cc(C(F)(F)F)c1. The van der Waals surface area contributed by atoms with Crippen LogP contribution in [-0.2, 0) is 12.6 Å². The fourth-order valence-corrected chi connectivity index (χ4v) is 1.14. The van der Waals surface area contributed by atoms with Crippen LogP contribution >= 0.6 is 0 Å². The van der Waals surface area contributed by atoms with Gasteiger partial charge in [0.05, 0.1) is 11.4 Å². The molecule has 0 bridgehead atoms. The van der Waals surface area contributed by atoms with Crippen LogP contribution in [-0.4, -0.2) is 5.84 Å². The lowest BCUT2D eigenvalue weighted by Crippen LogP contribution is -2.14. The van der Waals surface area contributed by atoms with Gasteiger partial charge in [-0.05, 0) is 23.8 Å². The van der Waals surface area contributed by atoms with E-state index in [2.05, 4.69) is 0 Å². The van der Waals surface area contributed by atoms with Crippen molar-refractivity contribution in [2.75, 3.05) is 0 Å². The van der Waals surface area contributed by atoms with E-state index < -0.39 is 17.6 Å². The quantitative estimate of drug-likeness (QED) is 0.448. The Hall–Kier alpha value is -1.59. The first-order chi connectivity index (χ1) is 6.79. The minimum Gasteiger partial charge on any atom is -0.387 e. The van der Waals surface area contributed by atoms with E-state index in [9.17, 15) is 17.6 Å². The van der Waals surface area contributed by atoms with E-state index in [1.54, 1.807) is 0 Å². The number of hydrogen-bond donors (Lipinski definition) is 2. The van der Waals surface area contributed by atoms with Gasteiger partial charge in [0.15, 0.2) is 0 Å². The molecule has 0 unspecified atom stereocenters. The maximum Gasteiger partial charge on any atom is 0.416 e. The second-order valence-corrected chi connectivity index (χ2v) is 3.05. The molecule has 2 nitrogen and oxygen atoms in total. The molecule has 0 aliphatic carbocycles. The topological polar surface area (TPSA) is 49.9 Å². The average molecular weight is 220 g/mol. The number of benzene rings is 1. The molecule has 0 fully saturated rings. The lowest BCUT2D eigenvalue weighted by Gasteiger charge is -2.08. The van der Waals surface area contributed by atoms with Crippen molar-refractivity contribution in [1.82, 2.24) is 0 Å². The molecule has 0 aromatic heterocycles. The number of alkyl halides is 3. The Balaban J connectivity index is 3.11. The summed E-state index contributed by atoms with van der Waals surface area (Å²) < 4.78 is 49.5. The summed E-state index contributed by atoms with van der Waals surface area (Å²) in [5, 5.41) is 6.90. The molecule has 1 aromatic carbocycles. The van der Waals surface area contributed by atoms with Gasteiger partial charge >= 0.3 is 6.18 Å². The first kappa shape index (κ1) is 11.5. The molecule has 0 saturated carbocycles. The highest BCUT2D eigenvalue weighted by Crippen LogP contribution is 2.30. The van der Waals surface area contributed by atoms with Gasteiger partial charge in [-0.3, -0.25) is 5.41 Å². The molecule has 15 heavy (non-hydrogen) atoms. The predicted octanol–water partition coefficient (Wildman–Crippen LogP) is 2.32. The maximum atomic E-state index is 12.8. The molecule has 0 radical (unpaired) electrons. The Morgan fingerprint density at radius 3 is 2.33 bits per heavy atom. The van der Waals surface area contributed by atoms with Crippen molar-refractivity contribution in [2.24, 2.45) is 5.73 Å². The van der Waals surface area contributed by atoms with E-state index in [1.165, 1.54) is 0 Å². The summed E-state index contributed by atoms with van der Waals surface area (Å²) >= 11 is 0. The van der Waals surface area contributed by atoms with Gasteiger partial charge in [-0.1, -0.05) is 0 Å². The van der Waals surface area contributed by atoms with Crippen LogP contribution < -0.4 is 5.73 Å². The van der Waals surface area contributed by atoms with E-state index >= 15 is 0 Å². The Labute approximate surface area is 83.2 Å². The van der Waals surface area contributed by atoms with Crippen LogP contribution in [0.2, 0.25) is 0 Å². The van der Waals surface area contributed by atoms with Gasteiger partial charge in [0.1, 0.15) is 5.82 Å². The zero-order valence-electron chi connectivity index (χ0n) is 7.53. The maximum absolute atomic E-state index is 12.8. The molecular weight excluding hydrogens is 212 g/mol. The third-order valence-corrected chi connectivity index (χ3v) is 1.68. The van der Waals surface area contributed by atoms with Gasteiger partial charge in [0.25, 0.3) is 0 Å². The minimum atomic E-state index is -4.59. The molecule has 0 amide bonds. The minimum absolute atomic E-state index is 0.0369. The summed E-state index contributed by atoms with van der Waals surface area (Å²) in [4.78, 5) is 0. The summed E-state index contributed by atoms with van der Waals surface area (Å²) in [6.45, 7) is 0. The molecule has 0 aliphatic rings. The third-order valence-electron chi connectivity index (χ3n) is 1.68. The van der Waals surface area contributed by atoms with Crippen molar-refractivity contribution in [3.05, 3.63) is 35.1 Å². The van der Waals surface area contributed by atoms with Crippen LogP contribution in [0.1, 0.15) is 11.1 Å². The number of halogens is 4. The largest absolute Gasteiger partial charge is 0.416 e. The first-order valence-electron chi connectivity index (χ1n) is 3.98. The highest BCUT2D eigenvalue weighted by atomic mass is 19.4. The highest BCUT2D eigenvalue weighted by molar-refractivity contribution is 5.79. The number of nitrogens with one attached hydrogen (secondary N) is 1. The standard InChI is InChI=1S/C9H8F4N2/c10-7-2-5(3-8(14)15)1-6(4-7)9(11,12)13/h1-2,4H,3H2,(H3,14,15). The molecular formula is C9H8F4N2. The molecule has 82 valence electrons.